The number of rotatable bonds is 5. The van der Waals surface area contributed by atoms with E-state index in [2.05, 4.69) is 5.32 Å². The minimum Gasteiger partial charge on any atom is -0.381 e. The first-order valence-corrected chi connectivity index (χ1v) is 6.86. The van der Waals surface area contributed by atoms with Crippen LogP contribution in [0, 0.1) is 11.8 Å². The number of hydrogen-bond acceptors (Lipinski definition) is 4. The van der Waals surface area contributed by atoms with Gasteiger partial charge in [-0.2, -0.15) is 0 Å². The SMILES string of the molecule is CC(C)C(=O)N1CCC(C(=O)NCC(O)C(N)=O)CC1. The van der Waals surface area contributed by atoms with Gasteiger partial charge in [-0.1, -0.05) is 13.8 Å². The Morgan fingerprint density at radius 3 is 2.30 bits per heavy atom. The zero-order valence-electron chi connectivity index (χ0n) is 12.0. The Morgan fingerprint density at radius 2 is 1.85 bits per heavy atom. The van der Waals surface area contributed by atoms with Crippen molar-refractivity contribution in [1.29, 1.82) is 0 Å². The Kier molecular flexibility index (Phi) is 5.94. The molecule has 0 bridgehead atoms. The second-order valence-corrected chi connectivity index (χ2v) is 5.42. The number of hydrogen-bond donors (Lipinski definition) is 3. The van der Waals surface area contributed by atoms with E-state index in [0.717, 1.165) is 0 Å². The van der Waals surface area contributed by atoms with Crippen LogP contribution in [0.4, 0.5) is 0 Å². The molecule has 0 spiro atoms. The summed E-state index contributed by atoms with van der Waals surface area (Å²) in [5.74, 6) is -1.19. The van der Waals surface area contributed by atoms with Gasteiger partial charge in [0.2, 0.25) is 17.7 Å². The van der Waals surface area contributed by atoms with Gasteiger partial charge in [-0.3, -0.25) is 14.4 Å². The van der Waals surface area contributed by atoms with E-state index in [0.29, 0.717) is 25.9 Å². The van der Waals surface area contributed by atoms with Gasteiger partial charge in [-0.05, 0) is 12.8 Å². The molecule has 1 fully saturated rings. The second-order valence-electron chi connectivity index (χ2n) is 5.42. The number of likely N-dealkylation sites (tertiary alicyclic amines) is 1. The number of aliphatic hydroxyl groups excluding tert-OH is 1. The molecule has 1 unspecified atom stereocenters. The smallest absolute Gasteiger partial charge is 0.248 e. The van der Waals surface area contributed by atoms with Gasteiger partial charge in [0.05, 0.1) is 6.54 Å². The molecule has 1 saturated heterocycles. The fourth-order valence-electron chi connectivity index (χ4n) is 2.17. The van der Waals surface area contributed by atoms with Crippen molar-refractivity contribution in [2.24, 2.45) is 17.6 Å². The number of primary amides is 1. The molecule has 0 aromatic rings. The monoisotopic (exact) mass is 285 g/mol. The van der Waals surface area contributed by atoms with E-state index in [1.807, 2.05) is 13.8 Å². The Morgan fingerprint density at radius 1 is 1.30 bits per heavy atom. The lowest BCUT2D eigenvalue weighted by Crippen LogP contribution is -2.46. The quantitative estimate of drug-likeness (QED) is 0.591. The fraction of sp³-hybridized carbons (Fsp3) is 0.769. The lowest BCUT2D eigenvalue weighted by molar-refractivity contribution is -0.138. The van der Waals surface area contributed by atoms with E-state index < -0.39 is 12.0 Å². The highest BCUT2D eigenvalue weighted by Gasteiger charge is 2.28. The van der Waals surface area contributed by atoms with Gasteiger partial charge < -0.3 is 21.1 Å². The van der Waals surface area contributed by atoms with Crippen molar-refractivity contribution < 1.29 is 19.5 Å². The number of nitrogens with zero attached hydrogens (tertiary/aromatic N) is 1. The first kappa shape index (κ1) is 16.4. The van der Waals surface area contributed by atoms with E-state index in [4.69, 9.17) is 5.73 Å². The number of piperidine rings is 1. The number of nitrogens with two attached hydrogens (primary N) is 1. The first-order chi connectivity index (χ1) is 9.32. The van der Waals surface area contributed by atoms with E-state index >= 15 is 0 Å². The molecular weight excluding hydrogens is 262 g/mol. The number of carbonyl (C=O) groups is 3. The van der Waals surface area contributed by atoms with Crippen molar-refractivity contribution in [3.63, 3.8) is 0 Å². The van der Waals surface area contributed by atoms with Crippen LogP contribution in [0.5, 0.6) is 0 Å². The van der Waals surface area contributed by atoms with Gasteiger partial charge >= 0.3 is 0 Å². The van der Waals surface area contributed by atoms with Gasteiger partial charge in [0, 0.05) is 24.9 Å². The number of nitrogens with one attached hydrogen (secondary N) is 1. The predicted molar refractivity (Wildman–Crippen MR) is 72.4 cm³/mol. The highest BCUT2D eigenvalue weighted by atomic mass is 16.3. The van der Waals surface area contributed by atoms with Crippen LogP contribution >= 0.6 is 0 Å². The van der Waals surface area contributed by atoms with E-state index in [1.54, 1.807) is 4.90 Å². The lowest BCUT2D eigenvalue weighted by Gasteiger charge is -2.32. The van der Waals surface area contributed by atoms with Crippen molar-refractivity contribution >= 4 is 17.7 Å². The van der Waals surface area contributed by atoms with Crippen LogP contribution in [0.3, 0.4) is 0 Å². The van der Waals surface area contributed by atoms with E-state index in [9.17, 15) is 19.5 Å². The molecule has 1 heterocycles. The molecule has 0 aromatic heterocycles. The summed E-state index contributed by atoms with van der Waals surface area (Å²) in [4.78, 5) is 36.1. The molecule has 7 heteroatoms. The molecule has 0 aliphatic carbocycles. The fourth-order valence-corrected chi connectivity index (χ4v) is 2.17. The second kappa shape index (κ2) is 7.23. The molecule has 1 aliphatic heterocycles. The molecule has 4 N–H and O–H groups in total. The van der Waals surface area contributed by atoms with Crippen LogP contribution in [-0.2, 0) is 14.4 Å². The van der Waals surface area contributed by atoms with E-state index in [1.165, 1.54) is 0 Å². The molecule has 0 aromatic carbocycles. The van der Waals surface area contributed by atoms with Crippen molar-refractivity contribution in [1.82, 2.24) is 10.2 Å². The summed E-state index contributed by atoms with van der Waals surface area (Å²) in [7, 11) is 0. The van der Waals surface area contributed by atoms with Crippen molar-refractivity contribution in [3.8, 4) is 0 Å². The summed E-state index contributed by atoms with van der Waals surface area (Å²) in [5, 5.41) is 11.7. The predicted octanol–water partition coefficient (Wildman–Crippen LogP) is -1.16. The normalized spacial score (nSPS) is 17.9. The molecule has 1 rings (SSSR count). The number of aliphatic hydroxyl groups is 1. The number of carbonyl (C=O) groups excluding carboxylic acids is 3. The van der Waals surface area contributed by atoms with Gasteiger partial charge in [-0.25, -0.2) is 0 Å². The average molecular weight is 285 g/mol. The summed E-state index contributed by atoms with van der Waals surface area (Å²) >= 11 is 0. The van der Waals surface area contributed by atoms with Crippen LogP contribution in [0.2, 0.25) is 0 Å². The van der Waals surface area contributed by atoms with Crippen molar-refractivity contribution in [2.45, 2.75) is 32.8 Å². The minimum atomic E-state index is -1.36. The van der Waals surface area contributed by atoms with Crippen molar-refractivity contribution in [2.75, 3.05) is 19.6 Å². The first-order valence-electron chi connectivity index (χ1n) is 6.86. The summed E-state index contributed by atoms with van der Waals surface area (Å²) in [6.45, 7) is 4.67. The van der Waals surface area contributed by atoms with Crippen LogP contribution in [0.1, 0.15) is 26.7 Å². The largest absolute Gasteiger partial charge is 0.381 e. The Bertz CT molecular complexity index is 376. The molecule has 0 saturated carbocycles. The summed E-state index contributed by atoms with van der Waals surface area (Å²) in [6.07, 6.45) is -0.171. The molecule has 0 radical (unpaired) electrons. The maximum absolute atomic E-state index is 11.9. The van der Waals surface area contributed by atoms with Crippen LogP contribution in [-0.4, -0.2) is 53.5 Å². The molecular formula is C13H23N3O4. The third kappa shape index (κ3) is 4.48. The average Bonchev–Trinajstić information content (AvgIpc) is 2.43. The Hall–Kier alpha value is -1.63. The topological polar surface area (TPSA) is 113 Å². The zero-order chi connectivity index (χ0) is 15.3. The maximum Gasteiger partial charge on any atom is 0.248 e. The third-order valence-corrected chi connectivity index (χ3v) is 3.47. The van der Waals surface area contributed by atoms with Gasteiger partial charge in [-0.15, -0.1) is 0 Å². The van der Waals surface area contributed by atoms with Gasteiger partial charge in [0.15, 0.2) is 0 Å². The van der Waals surface area contributed by atoms with Crippen LogP contribution in [0.25, 0.3) is 0 Å². The van der Waals surface area contributed by atoms with E-state index in [-0.39, 0.29) is 30.2 Å². The van der Waals surface area contributed by atoms with Crippen LogP contribution < -0.4 is 11.1 Å². The summed E-state index contributed by atoms with van der Waals surface area (Å²) in [5.41, 5.74) is 4.90. The molecule has 114 valence electrons. The standard InChI is InChI=1S/C13H23N3O4/c1-8(2)13(20)16-5-3-9(4-6-16)12(19)15-7-10(17)11(14)18/h8-10,17H,3-7H2,1-2H3,(H2,14,18)(H,15,19). The highest BCUT2D eigenvalue weighted by molar-refractivity contribution is 5.82. The lowest BCUT2D eigenvalue weighted by atomic mass is 9.95. The minimum absolute atomic E-state index is 0.0360. The Labute approximate surface area is 118 Å². The number of amides is 3. The molecule has 7 nitrogen and oxygen atoms in total. The molecule has 20 heavy (non-hydrogen) atoms. The Balaban J connectivity index is 2.36. The molecule has 1 aliphatic rings. The highest BCUT2D eigenvalue weighted by Crippen LogP contribution is 2.18. The molecule has 1 atom stereocenters. The summed E-state index contributed by atoms with van der Waals surface area (Å²) in [6, 6.07) is 0. The van der Waals surface area contributed by atoms with Crippen molar-refractivity contribution in [3.05, 3.63) is 0 Å². The third-order valence-electron chi connectivity index (χ3n) is 3.47. The molecule has 3 amide bonds. The van der Waals surface area contributed by atoms with Gasteiger partial charge in [0.25, 0.3) is 0 Å². The maximum atomic E-state index is 11.9. The van der Waals surface area contributed by atoms with Crippen LogP contribution in [0.15, 0.2) is 0 Å². The zero-order valence-corrected chi connectivity index (χ0v) is 12.0. The van der Waals surface area contributed by atoms with Gasteiger partial charge in [0.1, 0.15) is 6.10 Å². The summed E-state index contributed by atoms with van der Waals surface area (Å²) < 4.78 is 0.